The SMILES string of the molecule is C[C@H](c1cccc2cccnc12)[C@H](NS(C)(=O)=O)C1NNC(=O)O1. The molecule has 1 amide bonds. The lowest BCUT2D eigenvalue weighted by atomic mass is 9.91. The molecular formula is C15H18N4O4S. The fourth-order valence-corrected chi connectivity index (χ4v) is 3.65. The van der Waals surface area contributed by atoms with Gasteiger partial charge in [0.25, 0.3) is 0 Å². The third-order valence-electron chi connectivity index (χ3n) is 3.92. The van der Waals surface area contributed by atoms with Crippen LogP contribution >= 0.6 is 0 Å². The number of sulfonamides is 1. The van der Waals surface area contributed by atoms with E-state index >= 15 is 0 Å². The van der Waals surface area contributed by atoms with Gasteiger partial charge in [0, 0.05) is 17.5 Å². The number of cyclic esters (lactones) is 1. The molecule has 24 heavy (non-hydrogen) atoms. The molecule has 3 atom stereocenters. The summed E-state index contributed by atoms with van der Waals surface area (Å²) in [6.07, 6.45) is 1.27. The Kier molecular flexibility index (Phi) is 4.39. The molecule has 2 aromatic rings. The number of nitrogens with zero attached hydrogens (tertiary/aromatic N) is 1. The molecule has 8 nitrogen and oxygen atoms in total. The number of ether oxygens (including phenoxy) is 1. The number of rotatable bonds is 5. The van der Waals surface area contributed by atoms with Crippen LogP contribution in [0.1, 0.15) is 18.4 Å². The van der Waals surface area contributed by atoms with Gasteiger partial charge in [-0.15, -0.1) is 0 Å². The van der Waals surface area contributed by atoms with E-state index in [9.17, 15) is 13.2 Å². The van der Waals surface area contributed by atoms with Gasteiger partial charge in [-0.1, -0.05) is 31.2 Å². The van der Waals surface area contributed by atoms with Gasteiger partial charge in [0.05, 0.1) is 17.8 Å². The molecule has 3 N–H and O–H groups in total. The zero-order chi connectivity index (χ0) is 17.3. The Balaban J connectivity index is 2.01. The first kappa shape index (κ1) is 16.6. The Labute approximate surface area is 139 Å². The first-order valence-corrected chi connectivity index (χ1v) is 9.27. The molecule has 0 bridgehead atoms. The predicted octanol–water partition coefficient (Wildman–Crippen LogP) is 0.827. The molecule has 3 rings (SSSR count). The van der Waals surface area contributed by atoms with E-state index < -0.39 is 28.4 Å². The highest BCUT2D eigenvalue weighted by Crippen LogP contribution is 2.28. The van der Waals surface area contributed by atoms with E-state index in [2.05, 4.69) is 20.6 Å². The van der Waals surface area contributed by atoms with E-state index in [-0.39, 0.29) is 5.92 Å². The second-order valence-corrected chi connectivity index (χ2v) is 7.50. The van der Waals surface area contributed by atoms with E-state index in [1.807, 2.05) is 37.3 Å². The number of amides is 1. The van der Waals surface area contributed by atoms with Gasteiger partial charge in [-0.3, -0.25) is 10.4 Å². The van der Waals surface area contributed by atoms with E-state index in [0.717, 1.165) is 22.7 Å². The number of benzene rings is 1. The maximum absolute atomic E-state index is 11.8. The van der Waals surface area contributed by atoms with E-state index in [1.165, 1.54) is 0 Å². The highest BCUT2D eigenvalue weighted by Gasteiger charge is 2.37. The minimum atomic E-state index is -3.51. The highest BCUT2D eigenvalue weighted by molar-refractivity contribution is 7.88. The fourth-order valence-electron chi connectivity index (χ4n) is 2.83. The third kappa shape index (κ3) is 3.48. The standard InChI is InChI=1S/C15H18N4O4S/c1-9(11-7-3-5-10-6-4-8-16-13(10)11)12(19-24(2,21)22)14-17-18-15(20)23-14/h3-9,12,14,17,19H,1-2H3,(H,18,20)/t9-,12+,14?/m1/s1. The summed E-state index contributed by atoms with van der Waals surface area (Å²) in [5, 5.41) is 0.953. The van der Waals surface area contributed by atoms with Crippen molar-refractivity contribution in [3.8, 4) is 0 Å². The largest absolute Gasteiger partial charge is 0.426 e. The second kappa shape index (κ2) is 6.34. The van der Waals surface area contributed by atoms with Crippen LogP contribution in [0.5, 0.6) is 0 Å². The molecule has 2 heterocycles. The normalized spacial score (nSPS) is 20.4. The topological polar surface area (TPSA) is 109 Å². The molecule has 1 aromatic carbocycles. The molecule has 1 aliphatic heterocycles. The summed E-state index contributed by atoms with van der Waals surface area (Å²) in [5.41, 5.74) is 6.62. The summed E-state index contributed by atoms with van der Waals surface area (Å²) in [6.45, 7) is 1.86. The smallest absolute Gasteiger partial charge is 0.423 e. The molecule has 0 aliphatic carbocycles. The van der Waals surface area contributed by atoms with Gasteiger partial charge in [-0.25, -0.2) is 17.9 Å². The van der Waals surface area contributed by atoms with Crippen LogP contribution in [0.2, 0.25) is 0 Å². The van der Waals surface area contributed by atoms with E-state index in [4.69, 9.17) is 4.74 Å². The van der Waals surface area contributed by atoms with Gasteiger partial charge >= 0.3 is 6.09 Å². The van der Waals surface area contributed by atoms with Crippen LogP contribution < -0.4 is 15.6 Å². The summed E-state index contributed by atoms with van der Waals surface area (Å²) < 4.78 is 31.2. The number of fused-ring (bicyclic) bond motifs is 1. The van der Waals surface area contributed by atoms with Crippen LogP contribution in [-0.4, -0.2) is 38.0 Å². The maximum Gasteiger partial charge on any atom is 0.423 e. The monoisotopic (exact) mass is 350 g/mol. The lowest BCUT2D eigenvalue weighted by molar-refractivity contribution is 0.101. The van der Waals surface area contributed by atoms with E-state index in [0.29, 0.717) is 0 Å². The maximum atomic E-state index is 11.8. The van der Waals surface area contributed by atoms with Gasteiger partial charge in [-0.2, -0.15) is 5.43 Å². The van der Waals surface area contributed by atoms with Crippen molar-refractivity contribution in [1.82, 2.24) is 20.6 Å². The number of pyridine rings is 1. The van der Waals surface area contributed by atoms with Crippen molar-refractivity contribution in [2.24, 2.45) is 0 Å². The Morgan fingerprint density at radius 3 is 2.71 bits per heavy atom. The number of carbonyl (C=O) groups excluding carboxylic acids is 1. The Hall–Kier alpha value is -2.23. The average molecular weight is 350 g/mol. The number of hydrogen-bond acceptors (Lipinski definition) is 6. The zero-order valence-electron chi connectivity index (χ0n) is 13.2. The quantitative estimate of drug-likeness (QED) is 0.737. The molecule has 1 unspecified atom stereocenters. The predicted molar refractivity (Wildman–Crippen MR) is 88.5 cm³/mol. The highest BCUT2D eigenvalue weighted by atomic mass is 32.2. The number of carbonyl (C=O) groups is 1. The summed E-state index contributed by atoms with van der Waals surface area (Å²) in [5.74, 6) is -0.302. The summed E-state index contributed by atoms with van der Waals surface area (Å²) in [7, 11) is -3.51. The van der Waals surface area contributed by atoms with Gasteiger partial charge in [-0.05, 0) is 11.6 Å². The van der Waals surface area contributed by atoms with Crippen molar-refractivity contribution in [2.45, 2.75) is 25.1 Å². The van der Waals surface area contributed by atoms with E-state index in [1.54, 1.807) is 6.20 Å². The molecule has 128 valence electrons. The first-order valence-electron chi connectivity index (χ1n) is 7.38. The Bertz CT molecular complexity index is 865. The van der Waals surface area contributed by atoms with Gasteiger partial charge in [0.1, 0.15) is 0 Å². The lowest BCUT2D eigenvalue weighted by Gasteiger charge is -2.28. The Morgan fingerprint density at radius 1 is 1.29 bits per heavy atom. The molecular weight excluding hydrogens is 332 g/mol. The molecule has 1 fully saturated rings. The van der Waals surface area contributed by atoms with Crippen molar-refractivity contribution < 1.29 is 17.9 Å². The lowest BCUT2D eigenvalue weighted by Crippen LogP contribution is -2.51. The Morgan fingerprint density at radius 2 is 2.04 bits per heavy atom. The minimum absolute atomic E-state index is 0.302. The van der Waals surface area contributed by atoms with Crippen molar-refractivity contribution in [1.29, 1.82) is 0 Å². The van der Waals surface area contributed by atoms with Crippen molar-refractivity contribution in [3.63, 3.8) is 0 Å². The fraction of sp³-hybridized carbons (Fsp3) is 0.333. The summed E-state index contributed by atoms with van der Waals surface area (Å²) in [4.78, 5) is 15.7. The van der Waals surface area contributed by atoms with Crippen LogP contribution in [0.25, 0.3) is 10.9 Å². The molecule has 0 radical (unpaired) electrons. The zero-order valence-corrected chi connectivity index (χ0v) is 14.0. The van der Waals surface area contributed by atoms with Gasteiger partial charge in [0.2, 0.25) is 10.0 Å². The number of aromatic nitrogens is 1. The minimum Gasteiger partial charge on any atom is -0.426 e. The summed E-state index contributed by atoms with van der Waals surface area (Å²) >= 11 is 0. The number of nitrogens with one attached hydrogen (secondary N) is 3. The van der Waals surface area contributed by atoms with Crippen LogP contribution in [0.3, 0.4) is 0 Å². The average Bonchev–Trinajstić information content (AvgIpc) is 2.97. The second-order valence-electron chi connectivity index (χ2n) is 5.72. The van der Waals surface area contributed by atoms with Crippen molar-refractivity contribution in [3.05, 3.63) is 42.1 Å². The molecule has 1 aliphatic rings. The third-order valence-corrected chi connectivity index (χ3v) is 4.62. The van der Waals surface area contributed by atoms with Gasteiger partial charge in [0.15, 0.2) is 6.23 Å². The summed E-state index contributed by atoms with van der Waals surface area (Å²) in [6, 6.07) is 8.79. The number of hydrazine groups is 1. The molecule has 0 spiro atoms. The van der Waals surface area contributed by atoms with Crippen LogP contribution in [0.4, 0.5) is 4.79 Å². The number of para-hydroxylation sites is 1. The molecule has 0 saturated carbocycles. The molecule has 1 aromatic heterocycles. The molecule has 1 saturated heterocycles. The van der Waals surface area contributed by atoms with Gasteiger partial charge < -0.3 is 4.74 Å². The van der Waals surface area contributed by atoms with Crippen molar-refractivity contribution in [2.75, 3.05) is 6.26 Å². The van der Waals surface area contributed by atoms with Crippen LogP contribution in [0, 0.1) is 0 Å². The first-order chi connectivity index (χ1) is 11.3. The van der Waals surface area contributed by atoms with Crippen molar-refractivity contribution >= 4 is 27.0 Å². The van der Waals surface area contributed by atoms with Crippen LogP contribution in [0.15, 0.2) is 36.5 Å². The number of hydrogen-bond donors (Lipinski definition) is 3. The molecule has 9 heteroatoms. The van der Waals surface area contributed by atoms with Crippen LogP contribution in [-0.2, 0) is 14.8 Å².